The van der Waals surface area contributed by atoms with E-state index >= 15 is 0 Å². The molecule has 2 aromatic rings. The van der Waals surface area contributed by atoms with Crippen LogP contribution < -0.4 is 5.32 Å². The van der Waals surface area contributed by atoms with E-state index in [9.17, 15) is 4.79 Å². The van der Waals surface area contributed by atoms with Crippen molar-refractivity contribution < 1.29 is 4.79 Å². The zero-order valence-electron chi connectivity index (χ0n) is 16.4. The summed E-state index contributed by atoms with van der Waals surface area (Å²) < 4.78 is 0. The number of hydrogen-bond donors (Lipinski definition) is 1. The summed E-state index contributed by atoms with van der Waals surface area (Å²) in [5, 5.41) is 13.4. The Hall–Kier alpha value is -2.18. The number of amides is 1. The van der Waals surface area contributed by atoms with Crippen molar-refractivity contribution in [2.45, 2.75) is 38.8 Å². The Morgan fingerprint density at radius 1 is 1.18 bits per heavy atom. The largest absolute Gasteiger partial charge is 0.364 e. The van der Waals surface area contributed by atoms with Gasteiger partial charge >= 0.3 is 0 Å². The fourth-order valence-corrected chi connectivity index (χ4v) is 4.29. The highest BCUT2D eigenvalue weighted by Crippen LogP contribution is 2.33. The Bertz CT molecular complexity index is 870. The minimum Gasteiger partial charge on any atom is -0.364 e. The lowest BCUT2D eigenvalue weighted by Crippen LogP contribution is -2.41. The molecule has 28 heavy (non-hydrogen) atoms. The third-order valence-electron chi connectivity index (χ3n) is 5.69. The van der Waals surface area contributed by atoms with Crippen LogP contribution in [0.4, 0.5) is 5.82 Å². The number of likely N-dealkylation sites (N-methyl/N-ethyl adjacent to an activating group) is 1. The number of nitrogens with one attached hydrogen (secondary N) is 1. The maximum absolute atomic E-state index is 12.0. The number of piperidine rings is 1. The first-order chi connectivity index (χ1) is 13.5. The number of likely N-dealkylation sites (tertiary alicyclic amines) is 1. The first-order valence-electron chi connectivity index (χ1n) is 9.86. The van der Waals surface area contributed by atoms with Crippen LogP contribution in [0.15, 0.2) is 24.3 Å². The summed E-state index contributed by atoms with van der Waals surface area (Å²) in [6.45, 7) is 5.04. The smallest absolute Gasteiger partial charge is 0.219 e. The topological polar surface area (TPSA) is 61.4 Å². The van der Waals surface area contributed by atoms with Crippen molar-refractivity contribution >= 4 is 23.3 Å². The summed E-state index contributed by atoms with van der Waals surface area (Å²) in [7, 11) is 2.15. The minimum absolute atomic E-state index is 0.0962. The van der Waals surface area contributed by atoms with Crippen LogP contribution in [0.1, 0.15) is 30.9 Å². The summed E-state index contributed by atoms with van der Waals surface area (Å²) >= 11 is 6.05. The van der Waals surface area contributed by atoms with E-state index in [0.717, 1.165) is 48.6 Å². The second-order valence-corrected chi connectivity index (χ2v) is 8.23. The molecular formula is C21H26ClN5O. The normalized spacial score (nSPS) is 20.0. The predicted molar refractivity (Wildman–Crippen MR) is 111 cm³/mol. The number of hydrogen-bond acceptors (Lipinski definition) is 5. The first kappa shape index (κ1) is 19.2. The molecule has 6 nitrogen and oxygen atoms in total. The monoisotopic (exact) mass is 399 g/mol. The van der Waals surface area contributed by atoms with Gasteiger partial charge in [0, 0.05) is 48.7 Å². The van der Waals surface area contributed by atoms with Crippen LogP contribution >= 0.6 is 11.6 Å². The SMILES string of the molecule is CC(=O)N1CCc2c(-c3ccc(Cl)cc3)nnc(NC3CCCN(C)C3)c2C1. The standard InChI is InChI=1S/C21H26ClN5O/c1-14(28)27-11-9-18-19(13-27)21(23-17-4-3-10-26(2)12-17)25-24-20(18)15-5-7-16(22)8-6-15/h5-8,17H,3-4,9-13H2,1-2H3,(H,23,25). The maximum Gasteiger partial charge on any atom is 0.219 e. The molecule has 1 N–H and O–H groups in total. The molecule has 0 spiro atoms. The zero-order chi connectivity index (χ0) is 19.7. The molecule has 4 rings (SSSR count). The maximum atomic E-state index is 12.0. The van der Waals surface area contributed by atoms with Gasteiger partial charge in [0.25, 0.3) is 0 Å². The van der Waals surface area contributed by atoms with Crippen LogP contribution in [-0.4, -0.2) is 58.6 Å². The highest BCUT2D eigenvalue weighted by Gasteiger charge is 2.27. The van der Waals surface area contributed by atoms with E-state index in [1.54, 1.807) is 6.92 Å². The molecular weight excluding hydrogens is 374 g/mol. The third kappa shape index (κ3) is 3.98. The molecule has 0 aliphatic carbocycles. The van der Waals surface area contributed by atoms with Crippen molar-refractivity contribution in [1.29, 1.82) is 0 Å². The van der Waals surface area contributed by atoms with Crippen molar-refractivity contribution in [2.24, 2.45) is 0 Å². The average Bonchev–Trinajstić information content (AvgIpc) is 2.69. The van der Waals surface area contributed by atoms with Gasteiger partial charge < -0.3 is 15.1 Å². The minimum atomic E-state index is 0.0962. The quantitative estimate of drug-likeness (QED) is 0.858. The molecule has 1 fully saturated rings. The second kappa shape index (κ2) is 8.05. The van der Waals surface area contributed by atoms with Crippen LogP contribution in [0.5, 0.6) is 0 Å². The van der Waals surface area contributed by atoms with Gasteiger partial charge in [0.15, 0.2) is 5.82 Å². The average molecular weight is 400 g/mol. The summed E-state index contributed by atoms with van der Waals surface area (Å²) in [5.41, 5.74) is 4.17. The number of nitrogens with zero attached hydrogens (tertiary/aromatic N) is 4. The van der Waals surface area contributed by atoms with E-state index in [1.165, 1.54) is 12.0 Å². The number of fused-ring (bicyclic) bond motifs is 1. The second-order valence-electron chi connectivity index (χ2n) is 7.80. The first-order valence-corrected chi connectivity index (χ1v) is 10.2. The Labute approximate surface area is 170 Å². The van der Waals surface area contributed by atoms with Gasteiger partial charge in [-0.05, 0) is 50.6 Å². The van der Waals surface area contributed by atoms with Crippen LogP contribution in [0, 0.1) is 0 Å². The van der Waals surface area contributed by atoms with Gasteiger partial charge in [-0.15, -0.1) is 10.2 Å². The van der Waals surface area contributed by atoms with E-state index < -0.39 is 0 Å². The van der Waals surface area contributed by atoms with Crippen LogP contribution in [0.2, 0.25) is 5.02 Å². The van der Waals surface area contributed by atoms with Gasteiger partial charge in [-0.25, -0.2) is 0 Å². The molecule has 1 unspecified atom stereocenters. The Morgan fingerprint density at radius 2 is 1.96 bits per heavy atom. The molecule has 0 radical (unpaired) electrons. The van der Waals surface area contributed by atoms with Gasteiger partial charge in [-0.1, -0.05) is 23.7 Å². The molecule has 0 bridgehead atoms. The number of rotatable bonds is 3. The van der Waals surface area contributed by atoms with Gasteiger partial charge in [0.2, 0.25) is 5.91 Å². The highest BCUT2D eigenvalue weighted by atomic mass is 35.5. The number of anilines is 1. The number of halogens is 1. The molecule has 3 heterocycles. The number of carbonyl (C=O) groups excluding carboxylic acids is 1. The van der Waals surface area contributed by atoms with Crippen LogP contribution in [0.25, 0.3) is 11.3 Å². The third-order valence-corrected chi connectivity index (χ3v) is 5.95. The van der Waals surface area contributed by atoms with Gasteiger partial charge in [0.05, 0.1) is 5.69 Å². The predicted octanol–water partition coefficient (Wildman–Crippen LogP) is 3.21. The molecule has 1 aromatic heterocycles. The van der Waals surface area contributed by atoms with Crippen molar-refractivity contribution in [2.75, 3.05) is 32.0 Å². The molecule has 148 valence electrons. The van der Waals surface area contributed by atoms with Gasteiger partial charge in [-0.2, -0.15) is 0 Å². The van der Waals surface area contributed by atoms with E-state index in [1.807, 2.05) is 29.2 Å². The summed E-state index contributed by atoms with van der Waals surface area (Å²) in [4.78, 5) is 16.2. The molecule has 0 saturated carbocycles. The van der Waals surface area contributed by atoms with E-state index in [0.29, 0.717) is 24.2 Å². The fraction of sp³-hybridized carbons (Fsp3) is 0.476. The molecule has 1 atom stereocenters. The summed E-state index contributed by atoms with van der Waals surface area (Å²) in [5.74, 6) is 0.915. The Balaban J connectivity index is 1.71. The lowest BCUT2D eigenvalue weighted by molar-refractivity contribution is -0.129. The molecule has 1 saturated heterocycles. The van der Waals surface area contributed by atoms with Crippen molar-refractivity contribution in [3.8, 4) is 11.3 Å². The molecule has 7 heteroatoms. The molecule has 2 aliphatic heterocycles. The lowest BCUT2D eigenvalue weighted by Gasteiger charge is -2.33. The molecule has 1 amide bonds. The van der Waals surface area contributed by atoms with Crippen molar-refractivity contribution in [3.05, 3.63) is 40.4 Å². The highest BCUT2D eigenvalue weighted by molar-refractivity contribution is 6.30. The Kier molecular flexibility index (Phi) is 5.51. The fourth-order valence-electron chi connectivity index (χ4n) is 4.16. The van der Waals surface area contributed by atoms with Crippen LogP contribution in [-0.2, 0) is 17.8 Å². The molecule has 2 aliphatic rings. The number of aromatic nitrogens is 2. The van der Waals surface area contributed by atoms with Crippen molar-refractivity contribution in [1.82, 2.24) is 20.0 Å². The summed E-state index contributed by atoms with van der Waals surface area (Å²) in [6.07, 6.45) is 3.07. The van der Waals surface area contributed by atoms with E-state index in [4.69, 9.17) is 11.6 Å². The van der Waals surface area contributed by atoms with Gasteiger partial charge in [0.1, 0.15) is 0 Å². The van der Waals surface area contributed by atoms with E-state index in [2.05, 4.69) is 27.5 Å². The van der Waals surface area contributed by atoms with Crippen molar-refractivity contribution in [3.63, 3.8) is 0 Å². The zero-order valence-corrected chi connectivity index (χ0v) is 17.2. The number of benzene rings is 1. The Morgan fingerprint density at radius 3 is 2.68 bits per heavy atom. The van der Waals surface area contributed by atoms with E-state index in [-0.39, 0.29) is 5.91 Å². The summed E-state index contributed by atoms with van der Waals surface area (Å²) in [6, 6.07) is 8.06. The molecule has 1 aromatic carbocycles. The lowest BCUT2D eigenvalue weighted by atomic mass is 9.95. The van der Waals surface area contributed by atoms with Gasteiger partial charge in [-0.3, -0.25) is 4.79 Å². The van der Waals surface area contributed by atoms with Crippen LogP contribution in [0.3, 0.4) is 0 Å². The number of carbonyl (C=O) groups is 1.